The highest BCUT2D eigenvalue weighted by molar-refractivity contribution is 5.94. The average Bonchev–Trinajstić information content (AvgIpc) is 2.84. The molecule has 0 radical (unpaired) electrons. The lowest BCUT2D eigenvalue weighted by atomic mass is 9.95. The minimum atomic E-state index is -0.0732. The lowest BCUT2D eigenvalue weighted by Crippen LogP contribution is -2.40. The Morgan fingerprint density at radius 2 is 1.35 bits per heavy atom. The van der Waals surface area contributed by atoms with Crippen LogP contribution in [-0.4, -0.2) is 29.8 Å². The zero-order valence-electron chi connectivity index (χ0n) is 17.4. The summed E-state index contributed by atoms with van der Waals surface area (Å²) >= 11 is 0. The van der Waals surface area contributed by atoms with Crippen molar-refractivity contribution in [1.29, 1.82) is 0 Å². The van der Waals surface area contributed by atoms with Crippen LogP contribution >= 0.6 is 0 Å². The Balaban J connectivity index is 1.27. The minimum absolute atomic E-state index is 0.000730. The third kappa shape index (κ3) is 5.48. The number of likely N-dealkylation sites (tertiary alicyclic amines) is 1. The molecule has 4 nitrogen and oxygen atoms in total. The second-order valence-electron chi connectivity index (χ2n) is 7.78. The molecule has 1 aliphatic rings. The molecule has 0 unspecified atom stereocenters. The Morgan fingerprint density at radius 1 is 0.774 bits per heavy atom. The molecule has 2 amide bonds. The Bertz CT molecular complexity index is 1040. The molecule has 3 aromatic rings. The number of carbonyl (C=O) groups is 2. The number of nitrogens with one attached hydrogen (secondary N) is 1. The molecule has 1 saturated heterocycles. The normalized spacial score (nSPS) is 14.5. The number of piperidine rings is 1. The summed E-state index contributed by atoms with van der Waals surface area (Å²) in [4.78, 5) is 26.9. The largest absolute Gasteiger partial charge is 0.339 e. The summed E-state index contributed by atoms with van der Waals surface area (Å²) in [6.07, 6.45) is 4.81. The molecule has 3 aromatic carbocycles. The molecule has 0 atom stereocenters. The van der Waals surface area contributed by atoms with E-state index in [4.69, 9.17) is 0 Å². The zero-order valence-corrected chi connectivity index (χ0v) is 17.4. The van der Waals surface area contributed by atoms with Crippen molar-refractivity contribution >= 4 is 23.6 Å². The first-order valence-corrected chi connectivity index (χ1v) is 10.7. The van der Waals surface area contributed by atoms with E-state index in [9.17, 15) is 9.59 Å². The first-order valence-electron chi connectivity index (χ1n) is 10.7. The first kappa shape index (κ1) is 20.6. The molecule has 1 fully saturated rings. The molecule has 4 rings (SSSR count). The van der Waals surface area contributed by atoms with Crippen molar-refractivity contribution in [2.45, 2.75) is 12.8 Å². The molecule has 0 aromatic heterocycles. The highest BCUT2D eigenvalue weighted by Crippen LogP contribution is 2.23. The van der Waals surface area contributed by atoms with Crippen LogP contribution in [0.25, 0.3) is 17.2 Å². The van der Waals surface area contributed by atoms with E-state index in [2.05, 4.69) is 17.4 Å². The van der Waals surface area contributed by atoms with Gasteiger partial charge in [-0.2, -0.15) is 0 Å². The molecule has 0 bridgehead atoms. The molecule has 1 N–H and O–H groups in total. The predicted molar refractivity (Wildman–Crippen MR) is 125 cm³/mol. The second kappa shape index (κ2) is 9.90. The standard InChI is InChI=1S/C27H26N2O2/c30-26(16-11-21-7-3-1-4-8-21)29-19-17-24(18-20-29)27(31)28-25-14-12-23(13-15-25)22-9-5-2-6-10-22/h1-16,24H,17-20H2,(H,28,31). The Hall–Kier alpha value is -3.66. The van der Waals surface area contributed by atoms with Crippen LogP contribution in [0.3, 0.4) is 0 Å². The minimum Gasteiger partial charge on any atom is -0.339 e. The van der Waals surface area contributed by atoms with Crippen molar-refractivity contribution in [1.82, 2.24) is 4.90 Å². The molecule has 1 heterocycles. The van der Waals surface area contributed by atoms with Crippen molar-refractivity contribution in [2.75, 3.05) is 18.4 Å². The quantitative estimate of drug-likeness (QED) is 0.585. The molecule has 0 saturated carbocycles. The van der Waals surface area contributed by atoms with Crippen LogP contribution in [0.5, 0.6) is 0 Å². The fourth-order valence-corrected chi connectivity index (χ4v) is 3.82. The third-order valence-electron chi connectivity index (χ3n) is 5.65. The van der Waals surface area contributed by atoms with Gasteiger partial charge in [-0.15, -0.1) is 0 Å². The van der Waals surface area contributed by atoms with Gasteiger partial charge in [0.05, 0.1) is 0 Å². The van der Waals surface area contributed by atoms with E-state index in [0.717, 1.165) is 22.4 Å². The number of amides is 2. The monoisotopic (exact) mass is 410 g/mol. The van der Waals surface area contributed by atoms with Gasteiger partial charge in [-0.1, -0.05) is 72.8 Å². The van der Waals surface area contributed by atoms with Gasteiger partial charge in [0, 0.05) is 30.8 Å². The van der Waals surface area contributed by atoms with Crippen LogP contribution in [0.15, 0.2) is 91.0 Å². The summed E-state index contributed by atoms with van der Waals surface area (Å²) in [5, 5.41) is 3.02. The van der Waals surface area contributed by atoms with Gasteiger partial charge in [0.2, 0.25) is 11.8 Å². The number of anilines is 1. The van der Waals surface area contributed by atoms with E-state index in [-0.39, 0.29) is 17.7 Å². The van der Waals surface area contributed by atoms with Gasteiger partial charge in [-0.05, 0) is 47.7 Å². The van der Waals surface area contributed by atoms with Gasteiger partial charge in [-0.25, -0.2) is 0 Å². The maximum atomic E-state index is 12.7. The van der Waals surface area contributed by atoms with E-state index in [1.807, 2.05) is 83.8 Å². The van der Waals surface area contributed by atoms with Gasteiger partial charge in [0.1, 0.15) is 0 Å². The summed E-state index contributed by atoms with van der Waals surface area (Å²) in [6.45, 7) is 1.20. The molecular weight excluding hydrogens is 384 g/mol. The van der Waals surface area contributed by atoms with E-state index < -0.39 is 0 Å². The van der Waals surface area contributed by atoms with Crippen LogP contribution in [0.2, 0.25) is 0 Å². The molecule has 31 heavy (non-hydrogen) atoms. The van der Waals surface area contributed by atoms with Crippen LogP contribution < -0.4 is 5.32 Å². The highest BCUT2D eigenvalue weighted by Gasteiger charge is 2.26. The van der Waals surface area contributed by atoms with E-state index in [0.29, 0.717) is 25.9 Å². The maximum Gasteiger partial charge on any atom is 0.246 e. The topological polar surface area (TPSA) is 49.4 Å². The van der Waals surface area contributed by atoms with Crippen molar-refractivity contribution in [2.24, 2.45) is 5.92 Å². The zero-order chi connectivity index (χ0) is 21.5. The summed E-state index contributed by atoms with van der Waals surface area (Å²) in [6, 6.07) is 27.8. The Kier molecular flexibility index (Phi) is 6.58. The van der Waals surface area contributed by atoms with Crippen molar-refractivity contribution in [3.05, 3.63) is 96.6 Å². The summed E-state index contributed by atoms with van der Waals surface area (Å²) in [5.41, 5.74) is 4.07. The summed E-state index contributed by atoms with van der Waals surface area (Å²) < 4.78 is 0. The summed E-state index contributed by atoms with van der Waals surface area (Å²) in [7, 11) is 0. The maximum absolute atomic E-state index is 12.7. The molecule has 0 spiro atoms. The van der Waals surface area contributed by atoms with Gasteiger partial charge in [0.25, 0.3) is 0 Å². The number of benzene rings is 3. The van der Waals surface area contributed by atoms with Crippen LogP contribution in [0.4, 0.5) is 5.69 Å². The number of hydrogen-bond donors (Lipinski definition) is 1. The van der Waals surface area contributed by atoms with Crippen LogP contribution in [-0.2, 0) is 9.59 Å². The molecule has 156 valence electrons. The van der Waals surface area contributed by atoms with Crippen LogP contribution in [0.1, 0.15) is 18.4 Å². The first-order chi connectivity index (χ1) is 15.2. The highest BCUT2D eigenvalue weighted by atomic mass is 16.2. The van der Waals surface area contributed by atoms with Gasteiger partial charge >= 0.3 is 0 Å². The van der Waals surface area contributed by atoms with Gasteiger partial charge < -0.3 is 10.2 Å². The van der Waals surface area contributed by atoms with Crippen molar-refractivity contribution in [3.63, 3.8) is 0 Å². The molecule has 1 aliphatic heterocycles. The Morgan fingerprint density at radius 3 is 2.00 bits per heavy atom. The van der Waals surface area contributed by atoms with Crippen molar-refractivity contribution < 1.29 is 9.59 Å². The number of nitrogens with zero attached hydrogens (tertiary/aromatic N) is 1. The Labute approximate surface area is 183 Å². The SMILES string of the molecule is O=C(Nc1ccc(-c2ccccc2)cc1)C1CCN(C(=O)C=Cc2ccccc2)CC1. The van der Waals surface area contributed by atoms with Gasteiger partial charge in [-0.3, -0.25) is 9.59 Å². The van der Waals surface area contributed by atoms with E-state index >= 15 is 0 Å². The molecule has 0 aliphatic carbocycles. The van der Waals surface area contributed by atoms with Crippen molar-refractivity contribution in [3.8, 4) is 11.1 Å². The van der Waals surface area contributed by atoms with E-state index in [1.54, 1.807) is 6.08 Å². The number of hydrogen-bond acceptors (Lipinski definition) is 2. The number of carbonyl (C=O) groups excluding carboxylic acids is 2. The average molecular weight is 411 g/mol. The molecular formula is C27H26N2O2. The predicted octanol–water partition coefficient (Wildman–Crippen LogP) is 5.24. The third-order valence-corrected chi connectivity index (χ3v) is 5.65. The van der Waals surface area contributed by atoms with E-state index in [1.165, 1.54) is 0 Å². The fraction of sp³-hybridized carbons (Fsp3) is 0.185. The fourth-order valence-electron chi connectivity index (χ4n) is 3.82. The smallest absolute Gasteiger partial charge is 0.246 e. The lowest BCUT2D eigenvalue weighted by Gasteiger charge is -2.30. The number of rotatable bonds is 5. The van der Waals surface area contributed by atoms with Gasteiger partial charge in [0.15, 0.2) is 0 Å². The summed E-state index contributed by atoms with van der Waals surface area (Å²) in [5.74, 6) is -0.0467. The van der Waals surface area contributed by atoms with Crippen LogP contribution in [0, 0.1) is 5.92 Å². The molecule has 4 heteroatoms. The second-order valence-corrected chi connectivity index (χ2v) is 7.78. The lowest BCUT2D eigenvalue weighted by molar-refractivity contribution is -0.130.